The van der Waals surface area contributed by atoms with E-state index in [-0.39, 0.29) is 6.09 Å². The SMILES string of the molecule is CC(C)(C)OC(=O)N1CC[C@@H](Cn2c(-c3ccc(Br)cc3)nc3ccccc32)C1. The quantitative estimate of drug-likeness (QED) is 0.506. The van der Waals surface area contributed by atoms with Crippen molar-refractivity contribution >= 4 is 33.1 Å². The first kappa shape index (κ1) is 20.0. The number of fused-ring (bicyclic) bond motifs is 1. The molecule has 1 saturated heterocycles. The zero-order valence-corrected chi connectivity index (χ0v) is 18.6. The predicted molar refractivity (Wildman–Crippen MR) is 119 cm³/mol. The Kier molecular flexibility index (Phi) is 5.38. The van der Waals surface area contributed by atoms with Crippen LogP contribution in [0.5, 0.6) is 0 Å². The number of hydrogen-bond donors (Lipinski definition) is 0. The van der Waals surface area contributed by atoms with Crippen LogP contribution in [-0.2, 0) is 11.3 Å². The van der Waals surface area contributed by atoms with Crippen molar-refractivity contribution in [3.63, 3.8) is 0 Å². The summed E-state index contributed by atoms with van der Waals surface area (Å²) in [5, 5.41) is 0. The van der Waals surface area contributed by atoms with Gasteiger partial charge in [0.15, 0.2) is 0 Å². The molecule has 1 aliphatic rings. The molecular weight excluding hydrogens is 430 g/mol. The van der Waals surface area contributed by atoms with Gasteiger partial charge in [0.1, 0.15) is 11.4 Å². The van der Waals surface area contributed by atoms with Crippen molar-refractivity contribution in [1.82, 2.24) is 14.5 Å². The second-order valence-electron chi connectivity index (χ2n) is 8.62. The topological polar surface area (TPSA) is 47.4 Å². The first-order valence-corrected chi connectivity index (χ1v) is 10.8. The molecule has 0 spiro atoms. The zero-order valence-electron chi connectivity index (χ0n) is 17.1. The average Bonchev–Trinajstić information content (AvgIpc) is 3.27. The van der Waals surface area contributed by atoms with E-state index in [0.29, 0.717) is 12.5 Å². The Hall–Kier alpha value is -2.34. The molecule has 1 fully saturated rings. The van der Waals surface area contributed by atoms with E-state index in [4.69, 9.17) is 9.72 Å². The Balaban J connectivity index is 1.59. The van der Waals surface area contributed by atoms with Crippen LogP contribution in [0, 0.1) is 5.92 Å². The number of aromatic nitrogens is 2. The summed E-state index contributed by atoms with van der Waals surface area (Å²) in [5.74, 6) is 1.34. The number of carbonyl (C=O) groups excluding carboxylic acids is 1. The van der Waals surface area contributed by atoms with E-state index in [1.807, 2.05) is 49.9 Å². The third-order valence-electron chi connectivity index (χ3n) is 5.14. The Morgan fingerprint density at radius 2 is 1.90 bits per heavy atom. The van der Waals surface area contributed by atoms with Crippen LogP contribution in [-0.4, -0.2) is 39.2 Å². The van der Waals surface area contributed by atoms with E-state index in [1.165, 1.54) is 0 Å². The van der Waals surface area contributed by atoms with Gasteiger partial charge in [-0.3, -0.25) is 0 Å². The summed E-state index contributed by atoms with van der Waals surface area (Å²) in [6.07, 6.45) is 0.745. The summed E-state index contributed by atoms with van der Waals surface area (Å²) < 4.78 is 8.89. The van der Waals surface area contributed by atoms with Crippen molar-refractivity contribution < 1.29 is 9.53 Å². The maximum Gasteiger partial charge on any atom is 0.410 e. The van der Waals surface area contributed by atoms with Gasteiger partial charge in [-0.25, -0.2) is 9.78 Å². The highest BCUT2D eigenvalue weighted by Crippen LogP contribution is 2.29. The molecule has 3 aromatic rings. The van der Waals surface area contributed by atoms with Gasteiger partial charge >= 0.3 is 6.09 Å². The molecule has 1 atom stereocenters. The van der Waals surface area contributed by atoms with Crippen LogP contribution >= 0.6 is 15.9 Å². The highest BCUT2D eigenvalue weighted by atomic mass is 79.9. The number of imidazole rings is 1. The number of benzene rings is 2. The molecule has 1 aliphatic heterocycles. The zero-order chi connectivity index (χ0) is 20.6. The van der Waals surface area contributed by atoms with Crippen LogP contribution in [0.4, 0.5) is 4.79 Å². The smallest absolute Gasteiger partial charge is 0.410 e. The van der Waals surface area contributed by atoms with Gasteiger partial charge in [0.2, 0.25) is 0 Å². The average molecular weight is 456 g/mol. The van der Waals surface area contributed by atoms with Crippen LogP contribution in [0.1, 0.15) is 27.2 Å². The van der Waals surface area contributed by atoms with E-state index in [9.17, 15) is 4.79 Å². The van der Waals surface area contributed by atoms with Gasteiger partial charge in [0.05, 0.1) is 11.0 Å². The van der Waals surface area contributed by atoms with Crippen molar-refractivity contribution in [2.24, 2.45) is 5.92 Å². The molecule has 0 N–H and O–H groups in total. The third kappa shape index (κ3) is 4.47. The van der Waals surface area contributed by atoms with Gasteiger partial charge < -0.3 is 14.2 Å². The molecule has 0 saturated carbocycles. The molecule has 2 heterocycles. The molecule has 0 bridgehead atoms. The van der Waals surface area contributed by atoms with Crippen molar-refractivity contribution in [2.45, 2.75) is 39.3 Å². The van der Waals surface area contributed by atoms with Crippen molar-refractivity contribution in [2.75, 3.05) is 13.1 Å². The fourth-order valence-corrected chi connectivity index (χ4v) is 4.08. The summed E-state index contributed by atoms with van der Waals surface area (Å²) in [6.45, 7) is 7.98. The lowest BCUT2D eigenvalue weighted by atomic mass is 10.1. The Labute approximate surface area is 179 Å². The number of halogens is 1. The van der Waals surface area contributed by atoms with Gasteiger partial charge in [-0.05, 0) is 57.4 Å². The molecule has 29 heavy (non-hydrogen) atoms. The number of para-hydroxylation sites is 2. The molecular formula is C23H26BrN3O2. The predicted octanol–water partition coefficient (Wildman–Crippen LogP) is 5.72. The number of carbonyl (C=O) groups is 1. The monoisotopic (exact) mass is 455 g/mol. The second-order valence-corrected chi connectivity index (χ2v) is 9.54. The Bertz CT molecular complexity index is 1020. The number of hydrogen-bond acceptors (Lipinski definition) is 3. The van der Waals surface area contributed by atoms with Gasteiger partial charge in [-0.1, -0.05) is 40.2 Å². The van der Waals surface area contributed by atoms with Crippen LogP contribution in [0.2, 0.25) is 0 Å². The highest BCUT2D eigenvalue weighted by Gasteiger charge is 2.30. The summed E-state index contributed by atoms with van der Waals surface area (Å²) in [4.78, 5) is 19.1. The van der Waals surface area contributed by atoms with Crippen LogP contribution in [0.25, 0.3) is 22.4 Å². The number of rotatable bonds is 3. The lowest BCUT2D eigenvalue weighted by Crippen LogP contribution is -2.35. The van der Waals surface area contributed by atoms with E-state index in [0.717, 1.165) is 46.4 Å². The number of ether oxygens (including phenoxy) is 1. The van der Waals surface area contributed by atoms with Crippen molar-refractivity contribution in [1.29, 1.82) is 0 Å². The molecule has 152 valence electrons. The Morgan fingerprint density at radius 1 is 1.17 bits per heavy atom. The van der Waals surface area contributed by atoms with Crippen molar-refractivity contribution in [3.8, 4) is 11.4 Å². The molecule has 0 unspecified atom stereocenters. The largest absolute Gasteiger partial charge is 0.444 e. The molecule has 0 radical (unpaired) electrons. The normalized spacial score (nSPS) is 17.1. The summed E-state index contributed by atoms with van der Waals surface area (Å²) in [7, 11) is 0. The highest BCUT2D eigenvalue weighted by molar-refractivity contribution is 9.10. The molecule has 6 heteroatoms. The van der Waals surface area contributed by atoms with Crippen LogP contribution in [0.3, 0.4) is 0 Å². The third-order valence-corrected chi connectivity index (χ3v) is 5.66. The lowest BCUT2D eigenvalue weighted by molar-refractivity contribution is 0.0287. The molecule has 4 rings (SSSR count). The maximum atomic E-state index is 12.4. The lowest BCUT2D eigenvalue weighted by Gasteiger charge is -2.24. The van der Waals surface area contributed by atoms with E-state index < -0.39 is 5.60 Å². The minimum atomic E-state index is -0.468. The van der Waals surface area contributed by atoms with Gasteiger partial charge in [0, 0.05) is 29.7 Å². The molecule has 0 aliphatic carbocycles. The second kappa shape index (κ2) is 7.82. The molecule has 2 aromatic carbocycles. The Morgan fingerprint density at radius 3 is 2.62 bits per heavy atom. The summed E-state index contributed by atoms with van der Waals surface area (Å²) in [6, 6.07) is 16.5. The fourth-order valence-electron chi connectivity index (χ4n) is 3.81. The van der Waals surface area contributed by atoms with E-state index >= 15 is 0 Å². The minimum absolute atomic E-state index is 0.219. The number of likely N-dealkylation sites (tertiary alicyclic amines) is 1. The van der Waals surface area contributed by atoms with E-state index in [2.05, 4.69) is 44.8 Å². The summed E-state index contributed by atoms with van der Waals surface area (Å²) in [5.41, 5.74) is 2.74. The fraction of sp³-hybridized carbons (Fsp3) is 0.391. The standard InChI is InChI=1S/C23H26BrN3O2/c1-23(2,3)29-22(28)26-13-12-16(14-26)15-27-20-7-5-4-6-19(20)25-21(27)17-8-10-18(24)11-9-17/h4-11,16H,12-15H2,1-3H3/t16-/m1/s1. The first-order chi connectivity index (χ1) is 13.8. The summed E-state index contributed by atoms with van der Waals surface area (Å²) >= 11 is 3.51. The van der Waals surface area contributed by atoms with Gasteiger partial charge in [-0.15, -0.1) is 0 Å². The molecule has 1 aromatic heterocycles. The molecule has 1 amide bonds. The van der Waals surface area contributed by atoms with Crippen LogP contribution < -0.4 is 0 Å². The maximum absolute atomic E-state index is 12.4. The molecule has 5 nitrogen and oxygen atoms in total. The van der Waals surface area contributed by atoms with E-state index in [1.54, 1.807) is 0 Å². The number of nitrogens with zero attached hydrogens (tertiary/aromatic N) is 3. The van der Waals surface area contributed by atoms with Crippen molar-refractivity contribution in [3.05, 3.63) is 53.0 Å². The van der Waals surface area contributed by atoms with Crippen LogP contribution in [0.15, 0.2) is 53.0 Å². The minimum Gasteiger partial charge on any atom is -0.444 e. The van der Waals surface area contributed by atoms with Gasteiger partial charge in [0.25, 0.3) is 0 Å². The first-order valence-electron chi connectivity index (χ1n) is 9.99. The number of amides is 1. The van der Waals surface area contributed by atoms with Gasteiger partial charge in [-0.2, -0.15) is 0 Å².